The summed E-state index contributed by atoms with van der Waals surface area (Å²) in [4.78, 5) is 12.1. The van der Waals surface area contributed by atoms with Gasteiger partial charge in [0.2, 0.25) is 5.79 Å². The summed E-state index contributed by atoms with van der Waals surface area (Å²) in [7, 11) is 3.11. The van der Waals surface area contributed by atoms with E-state index in [2.05, 4.69) is 13.8 Å². The van der Waals surface area contributed by atoms with Gasteiger partial charge in [0.15, 0.2) is 0 Å². The second-order valence-electron chi connectivity index (χ2n) is 5.79. The zero-order valence-corrected chi connectivity index (χ0v) is 13.6. The van der Waals surface area contributed by atoms with Crippen LogP contribution in [-0.4, -0.2) is 26.0 Å². The average Bonchev–Trinajstić information content (AvgIpc) is 2.41. The summed E-state index contributed by atoms with van der Waals surface area (Å²) in [6.07, 6.45) is 4.87. The number of carbonyl (C=O) groups excluding carboxylic acids is 1. The largest absolute Gasteiger partial charge is 0.500 e. The minimum Gasteiger partial charge on any atom is -0.500 e. The Morgan fingerprint density at radius 1 is 1.35 bits per heavy atom. The van der Waals surface area contributed by atoms with Crippen LogP contribution in [0.1, 0.15) is 41.0 Å². The number of hydrogen-bond acceptors (Lipinski definition) is 4. The molecule has 0 aromatic carbocycles. The van der Waals surface area contributed by atoms with Crippen molar-refractivity contribution in [2.45, 2.75) is 46.8 Å². The molecule has 0 aliphatic carbocycles. The first kappa shape index (κ1) is 16.8. The van der Waals surface area contributed by atoms with Crippen molar-refractivity contribution in [3.63, 3.8) is 0 Å². The third-order valence-corrected chi connectivity index (χ3v) is 4.13. The number of esters is 1. The lowest BCUT2D eigenvalue weighted by atomic mass is 9.76. The molecular weight excluding hydrogens is 256 g/mol. The fourth-order valence-electron chi connectivity index (χ4n) is 2.50. The molecule has 0 saturated heterocycles. The van der Waals surface area contributed by atoms with Gasteiger partial charge in [-0.25, -0.2) is 4.79 Å². The maximum Gasteiger partial charge on any atom is 0.339 e. The second-order valence-corrected chi connectivity index (χ2v) is 5.79. The van der Waals surface area contributed by atoms with Gasteiger partial charge in [-0.1, -0.05) is 26.3 Å². The zero-order valence-electron chi connectivity index (χ0n) is 13.6. The molecule has 0 aromatic heterocycles. The Labute approximate surface area is 121 Å². The predicted molar refractivity (Wildman–Crippen MR) is 77.9 cm³/mol. The number of rotatable bonds is 5. The van der Waals surface area contributed by atoms with Crippen LogP contribution in [0.25, 0.3) is 0 Å². The molecule has 1 heterocycles. The van der Waals surface area contributed by atoms with Crippen molar-refractivity contribution in [2.75, 3.05) is 14.2 Å². The number of allylic oxidation sites excluding steroid dienone is 1. The third kappa shape index (κ3) is 2.62. The highest BCUT2D eigenvalue weighted by molar-refractivity contribution is 5.90. The summed E-state index contributed by atoms with van der Waals surface area (Å²) in [6, 6.07) is 0. The summed E-state index contributed by atoms with van der Waals surface area (Å²) in [5.74, 6) is -0.561. The first-order valence-electron chi connectivity index (χ1n) is 6.99. The van der Waals surface area contributed by atoms with E-state index in [4.69, 9.17) is 14.2 Å². The number of ether oxygens (including phenoxy) is 3. The lowest BCUT2D eigenvalue weighted by Crippen LogP contribution is -2.53. The first-order valence-corrected chi connectivity index (χ1v) is 6.99. The molecule has 0 fully saturated rings. The quantitative estimate of drug-likeness (QED) is 0.572. The second kappa shape index (κ2) is 6.00. The summed E-state index contributed by atoms with van der Waals surface area (Å²) >= 11 is 0. The lowest BCUT2D eigenvalue weighted by Gasteiger charge is -2.46. The Morgan fingerprint density at radius 2 is 1.95 bits per heavy atom. The average molecular weight is 282 g/mol. The van der Waals surface area contributed by atoms with Gasteiger partial charge in [0.1, 0.15) is 5.76 Å². The summed E-state index contributed by atoms with van der Waals surface area (Å²) < 4.78 is 16.6. The molecular formula is C16H26O4. The Hall–Kier alpha value is -1.29. The monoisotopic (exact) mass is 282 g/mol. The van der Waals surface area contributed by atoms with Crippen LogP contribution in [0.3, 0.4) is 0 Å². The van der Waals surface area contributed by atoms with Crippen LogP contribution < -0.4 is 0 Å². The topological polar surface area (TPSA) is 44.8 Å². The van der Waals surface area contributed by atoms with E-state index in [1.807, 2.05) is 26.0 Å². The number of carbonyl (C=O) groups is 1. The molecule has 2 atom stereocenters. The molecule has 1 rings (SSSR count). The van der Waals surface area contributed by atoms with Crippen LogP contribution in [0.4, 0.5) is 0 Å². The van der Waals surface area contributed by atoms with Gasteiger partial charge in [-0.05, 0) is 32.8 Å². The molecule has 0 spiro atoms. The molecule has 20 heavy (non-hydrogen) atoms. The Morgan fingerprint density at radius 3 is 2.40 bits per heavy atom. The minimum atomic E-state index is -1.14. The SMILES string of the molecule is CCC(C)/C=C/C1(OC)OC(=O)C(C)=C(OC)C1(C)C. The standard InChI is InChI=1S/C16H26O4/c1-8-11(2)9-10-16(19-7)15(4,5)13(18-6)12(3)14(17)20-16/h9-11H,8H2,1-7H3/b10-9+. The van der Waals surface area contributed by atoms with E-state index in [1.165, 1.54) is 0 Å². The van der Waals surface area contributed by atoms with Gasteiger partial charge in [0.05, 0.1) is 18.1 Å². The molecule has 2 unspecified atom stereocenters. The predicted octanol–water partition coefficient (Wildman–Crippen LogP) is 3.43. The van der Waals surface area contributed by atoms with Crippen molar-refractivity contribution in [3.05, 3.63) is 23.5 Å². The lowest BCUT2D eigenvalue weighted by molar-refractivity contribution is -0.243. The Kier molecular flexibility index (Phi) is 5.03. The number of cyclic esters (lactones) is 1. The molecule has 0 radical (unpaired) electrons. The Bertz CT molecular complexity index is 434. The molecule has 0 saturated carbocycles. The van der Waals surface area contributed by atoms with Gasteiger partial charge < -0.3 is 14.2 Å². The van der Waals surface area contributed by atoms with Gasteiger partial charge in [-0.2, -0.15) is 0 Å². The van der Waals surface area contributed by atoms with E-state index in [0.29, 0.717) is 17.3 Å². The maximum atomic E-state index is 12.1. The van der Waals surface area contributed by atoms with Crippen LogP contribution in [0.2, 0.25) is 0 Å². The Balaban J connectivity index is 3.33. The van der Waals surface area contributed by atoms with Crippen molar-refractivity contribution < 1.29 is 19.0 Å². The van der Waals surface area contributed by atoms with E-state index in [0.717, 1.165) is 6.42 Å². The normalized spacial score (nSPS) is 27.6. The molecule has 0 bridgehead atoms. The van der Waals surface area contributed by atoms with E-state index in [-0.39, 0.29) is 0 Å². The van der Waals surface area contributed by atoms with E-state index in [9.17, 15) is 4.79 Å². The fraction of sp³-hybridized carbons (Fsp3) is 0.688. The van der Waals surface area contributed by atoms with E-state index < -0.39 is 17.2 Å². The van der Waals surface area contributed by atoms with E-state index >= 15 is 0 Å². The molecule has 4 nitrogen and oxygen atoms in total. The fourth-order valence-corrected chi connectivity index (χ4v) is 2.50. The number of hydrogen-bond donors (Lipinski definition) is 0. The van der Waals surface area contributed by atoms with Gasteiger partial charge in [0, 0.05) is 7.11 Å². The highest BCUT2D eigenvalue weighted by Gasteiger charge is 2.55. The first-order chi connectivity index (χ1) is 9.25. The molecule has 0 aromatic rings. The van der Waals surface area contributed by atoms with Crippen LogP contribution in [0, 0.1) is 11.3 Å². The summed E-state index contributed by atoms with van der Waals surface area (Å²) in [5.41, 5.74) is -0.111. The molecule has 1 aliphatic rings. The van der Waals surface area contributed by atoms with Gasteiger partial charge >= 0.3 is 5.97 Å². The highest BCUT2D eigenvalue weighted by Crippen LogP contribution is 2.47. The molecule has 114 valence electrons. The van der Waals surface area contributed by atoms with Crippen LogP contribution in [0.5, 0.6) is 0 Å². The van der Waals surface area contributed by atoms with Crippen LogP contribution in [0.15, 0.2) is 23.5 Å². The van der Waals surface area contributed by atoms with Crippen LogP contribution in [-0.2, 0) is 19.0 Å². The van der Waals surface area contributed by atoms with Crippen LogP contribution >= 0.6 is 0 Å². The molecule has 0 N–H and O–H groups in total. The summed E-state index contributed by atoms with van der Waals surface area (Å²) in [6.45, 7) is 9.83. The summed E-state index contributed by atoms with van der Waals surface area (Å²) in [5, 5.41) is 0. The third-order valence-electron chi connectivity index (χ3n) is 4.13. The van der Waals surface area contributed by atoms with Crippen molar-refractivity contribution in [2.24, 2.45) is 11.3 Å². The van der Waals surface area contributed by atoms with Crippen molar-refractivity contribution >= 4 is 5.97 Å². The minimum absolute atomic E-state index is 0.384. The smallest absolute Gasteiger partial charge is 0.339 e. The zero-order chi connectivity index (χ0) is 15.6. The molecule has 0 amide bonds. The van der Waals surface area contributed by atoms with Gasteiger partial charge in [0.25, 0.3) is 0 Å². The van der Waals surface area contributed by atoms with Gasteiger partial charge in [-0.15, -0.1) is 0 Å². The molecule has 4 heteroatoms. The molecule has 1 aliphatic heterocycles. The highest BCUT2D eigenvalue weighted by atomic mass is 16.7. The maximum absolute atomic E-state index is 12.1. The van der Waals surface area contributed by atoms with E-state index in [1.54, 1.807) is 21.1 Å². The van der Waals surface area contributed by atoms with Crippen molar-refractivity contribution in [3.8, 4) is 0 Å². The van der Waals surface area contributed by atoms with Gasteiger partial charge in [-0.3, -0.25) is 0 Å². The van der Waals surface area contributed by atoms with Crippen molar-refractivity contribution in [1.82, 2.24) is 0 Å². The van der Waals surface area contributed by atoms with Crippen molar-refractivity contribution in [1.29, 1.82) is 0 Å². The number of methoxy groups -OCH3 is 2.